The van der Waals surface area contributed by atoms with Crippen LogP contribution in [0.25, 0.3) is 6.08 Å². The maximum atomic E-state index is 11.4. The molecule has 0 atom stereocenters. The van der Waals surface area contributed by atoms with E-state index in [0.717, 1.165) is 0 Å². The number of nitrogens with zero attached hydrogens (tertiary/aromatic N) is 2. The minimum absolute atomic E-state index is 0.0428. The van der Waals surface area contributed by atoms with Crippen LogP contribution in [0.1, 0.15) is 32.9 Å². The molecule has 1 N–H and O–H groups in total. The van der Waals surface area contributed by atoms with E-state index in [4.69, 9.17) is 4.74 Å². The Morgan fingerprint density at radius 2 is 2.19 bits per heavy atom. The van der Waals surface area contributed by atoms with Crippen LogP contribution in [0.3, 0.4) is 0 Å². The fourth-order valence-electron chi connectivity index (χ4n) is 1.38. The summed E-state index contributed by atoms with van der Waals surface area (Å²) in [4.78, 5) is 25.3. The first kappa shape index (κ1) is 16.6. The minimum atomic E-state index is -0.511. The Hall–Kier alpha value is -2.44. The summed E-state index contributed by atoms with van der Waals surface area (Å²) in [6.45, 7) is 5.84. The van der Waals surface area contributed by atoms with Crippen LogP contribution in [0.2, 0.25) is 0 Å². The summed E-state index contributed by atoms with van der Waals surface area (Å²) in [5, 5.41) is 13.1. The lowest BCUT2D eigenvalue weighted by Gasteiger charge is -2.19. The van der Waals surface area contributed by atoms with E-state index in [0.29, 0.717) is 18.7 Å². The number of alkyl carbamates (subject to hydrolysis) is 1. The van der Waals surface area contributed by atoms with E-state index in [1.165, 1.54) is 12.3 Å². The van der Waals surface area contributed by atoms with E-state index in [-0.39, 0.29) is 5.69 Å². The van der Waals surface area contributed by atoms with Crippen molar-refractivity contribution in [2.45, 2.75) is 32.8 Å². The number of hydrogen-bond donors (Lipinski definition) is 1. The zero-order valence-electron chi connectivity index (χ0n) is 12.3. The lowest BCUT2D eigenvalue weighted by molar-refractivity contribution is -0.385. The third kappa shape index (κ3) is 7.05. The molecule has 0 radical (unpaired) electrons. The Kier molecular flexibility index (Phi) is 5.83. The smallest absolute Gasteiger partial charge is 0.407 e. The molecule has 1 aromatic heterocycles. The lowest BCUT2D eigenvalue weighted by Crippen LogP contribution is -2.32. The zero-order valence-corrected chi connectivity index (χ0v) is 12.3. The minimum Gasteiger partial charge on any atom is -0.444 e. The van der Waals surface area contributed by atoms with Gasteiger partial charge in [-0.3, -0.25) is 10.1 Å². The van der Waals surface area contributed by atoms with Crippen molar-refractivity contribution < 1.29 is 14.5 Å². The molecule has 0 saturated carbocycles. The molecule has 0 aliphatic rings. The molecular formula is C14H19N3O4. The largest absolute Gasteiger partial charge is 0.444 e. The van der Waals surface area contributed by atoms with Gasteiger partial charge < -0.3 is 10.1 Å². The van der Waals surface area contributed by atoms with Crippen molar-refractivity contribution in [3.05, 3.63) is 40.2 Å². The highest BCUT2D eigenvalue weighted by Gasteiger charge is 2.15. The van der Waals surface area contributed by atoms with Crippen LogP contribution in [0, 0.1) is 10.1 Å². The quantitative estimate of drug-likeness (QED) is 0.511. The molecule has 1 rings (SSSR count). The molecule has 7 heteroatoms. The third-order valence-electron chi connectivity index (χ3n) is 2.25. The molecule has 0 bridgehead atoms. The number of carbonyl (C=O) groups is 1. The summed E-state index contributed by atoms with van der Waals surface area (Å²) < 4.78 is 5.09. The van der Waals surface area contributed by atoms with Gasteiger partial charge in [0, 0.05) is 12.6 Å². The average Bonchev–Trinajstić information content (AvgIpc) is 2.36. The van der Waals surface area contributed by atoms with Crippen LogP contribution < -0.4 is 5.32 Å². The molecule has 0 aromatic carbocycles. The molecule has 1 amide bonds. The number of rotatable bonds is 5. The highest BCUT2D eigenvalue weighted by molar-refractivity contribution is 5.67. The van der Waals surface area contributed by atoms with E-state index in [1.807, 2.05) is 6.08 Å². The van der Waals surface area contributed by atoms with Gasteiger partial charge in [-0.15, -0.1) is 0 Å². The van der Waals surface area contributed by atoms with Crippen LogP contribution >= 0.6 is 0 Å². The number of amides is 1. The maximum absolute atomic E-state index is 11.4. The molecular weight excluding hydrogens is 274 g/mol. The van der Waals surface area contributed by atoms with Crippen molar-refractivity contribution in [2.75, 3.05) is 6.54 Å². The third-order valence-corrected chi connectivity index (χ3v) is 2.25. The SMILES string of the molecule is CC(C)(C)OC(=O)NCCC=Cc1ccc([N+](=O)[O-])cn1. The highest BCUT2D eigenvalue weighted by atomic mass is 16.6. The standard InChI is InChI=1S/C14H19N3O4/c1-14(2,3)21-13(18)15-9-5-4-6-11-7-8-12(10-16-11)17(19)20/h4,6-8,10H,5,9H2,1-3H3,(H,15,18). The number of pyridine rings is 1. The zero-order chi connectivity index (χ0) is 15.9. The number of hydrogen-bond acceptors (Lipinski definition) is 5. The van der Waals surface area contributed by atoms with Gasteiger partial charge in [0.15, 0.2) is 0 Å². The van der Waals surface area contributed by atoms with Crippen molar-refractivity contribution in [3.63, 3.8) is 0 Å². The van der Waals surface area contributed by atoms with Crippen LogP contribution in [0.4, 0.5) is 10.5 Å². The fraction of sp³-hybridized carbons (Fsp3) is 0.429. The maximum Gasteiger partial charge on any atom is 0.407 e. The Balaban J connectivity index is 2.32. The van der Waals surface area contributed by atoms with Gasteiger partial charge in [-0.1, -0.05) is 6.08 Å². The van der Waals surface area contributed by atoms with Crippen molar-refractivity contribution in [1.82, 2.24) is 10.3 Å². The topological polar surface area (TPSA) is 94.4 Å². The van der Waals surface area contributed by atoms with E-state index < -0.39 is 16.6 Å². The number of nitro groups is 1. The van der Waals surface area contributed by atoms with Gasteiger partial charge in [0.2, 0.25) is 0 Å². The first-order valence-corrected chi connectivity index (χ1v) is 6.52. The van der Waals surface area contributed by atoms with Crippen molar-refractivity contribution in [1.29, 1.82) is 0 Å². The normalized spacial score (nSPS) is 11.4. The fourth-order valence-corrected chi connectivity index (χ4v) is 1.38. The van der Waals surface area contributed by atoms with E-state index >= 15 is 0 Å². The molecule has 0 aliphatic heterocycles. The van der Waals surface area contributed by atoms with E-state index in [2.05, 4.69) is 10.3 Å². The van der Waals surface area contributed by atoms with Gasteiger partial charge in [0.25, 0.3) is 5.69 Å². The summed E-state index contributed by atoms with van der Waals surface area (Å²) >= 11 is 0. The molecule has 1 heterocycles. The van der Waals surface area contributed by atoms with Crippen molar-refractivity contribution in [3.8, 4) is 0 Å². The second-order valence-corrected chi connectivity index (χ2v) is 5.32. The first-order chi connectivity index (χ1) is 9.78. The predicted molar refractivity (Wildman–Crippen MR) is 78.8 cm³/mol. The second kappa shape index (κ2) is 7.37. The monoisotopic (exact) mass is 293 g/mol. The van der Waals surface area contributed by atoms with Gasteiger partial charge in [-0.25, -0.2) is 9.78 Å². The summed E-state index contributed by atoms with van der Waals surface area (Å²) in [5.41, 5.74) is 0.0689. The summed E-state index contributed by atoms with van der Waals surface area (Å²) in [6.07, 6.45) is 4.92. The highest BCUT2D eigenvalue weighted by Crippen LogP contribution is 2.10. The molecule has 0 unspecified atom stereocenters. The molecule has 0 saturated heterocycles. The first-order valence-electron chi connectivity index (χ1n) is 6.52. The molecule has 0 fully saturated rings. The number of aromatic nitrogens is 1. The van der Waals surface area contributed by atoms with Crippen molar-refractivity contribution >= 4 is 17.9 Å². The summed E-state index contributed by atoms with van der Waals surface area (Å²) in [6, 6.07) is 2.96. The molecule has 114 valence electrons. The second-order valence-electron chi connectivity index (χ2n) is 5.32. The van der Waals surface area contributed by atoms with E-state index in [9.17, 15) is 14.9 Å². The lowest BCUT2D eigenvalue weighted by atomic mass is 10.2. The Morgan fingerprint density at radius 1 is 1.48 bits per heavy atom. The number of carbonyl (C=O) groups excluding carboxylic acids is 1. The molecule has 7 nitrogen and oxygen atoms in total. The van der Waals surface area contributed by atoms with Crippen LogP contribution in [0.5, 0.6) is 0 Å². The Bertz CT molecular complexity index is 518. The Morgan fingerprint density at radius 3 is 2.71 bits per heavy atom. The predicted octanol–water partition coefficient (Wildman–Crippen LogP) is 2.92. The van der Waals surface area contributed by atoms with E-state index in [1.54, 1.807) is 32.9 Å². The number of ether oxygens (including phenoxy) is 1. The number of nitrogens with one attached hydrogen (secondary N) is 1. The van der Waals surface area contributed by atoms with Crippen LogP contribution in [-0.4, -0.2) is 28.1 Å². The Labute approximate surface area is 123 Å². The molecule has 0 aliphatic carbocycles. The van der Waals surface area contributed by atoms with Gasteiger partial charge in [0.05, 0.1) is 10.6 Å². The van der Waals surface area contributed by atoms with Crippen molar-refractivity contribution in [2.24, 2.45) is 0 Å². The summed E-state index contributed by atoms with van der Waals surface area (Å²) in [5.74, 6) is 0. The molecule has 1 aromatic rings. The van der Waals surface area contributed by atoms with Gasteiger partial charge in [0.1, 0.15) is 11.8 Å². The van der Waals surface area contributed by atoms with Gasteiger partial charge in [-0.2, -0.15) is 0 Å². The van der Waals surface area contributed by atoms with Gasteiger partial charge in [-0.05, 0) is 39.3 Å². The molecule has 21 heavy (non-hydrogen) atoms. The van der Waals surface area contributed by atoms with Gasteiger partial charge >= 0.3 is 6.09 Å². The molecule has 0 spiro atoms. The average molecular weight is 293 g/mol. The van der Waals surface area contributed by atoms with Crippen LogP contribution in [0.15, 0.2) is 24.4 Å². The summed E-state index contributed by atoms with van der Waals surface area (Å²) in [7, 11) is 0. The van der Waals surface area contributed by atoms with Crippen LogP contribution in [-0.2, 0) is 4.74 Å².